The van der Waals surface area contributed by atoms with Crippen LogP contribution < -0.4 is 10.5 Å². The molecule has 0 aliphatic heterocycles. The molecule has 0 amide bonds. The van der Waals surface area contributed by atoms with Crippen LogP contribution in [0.5, 0.6) is 11.5 Å². The predicted octanol–water partition coefficient (Wildman–Crippen LogP) is 2.57. The molecular formula is C12H15ClFNO2. The molecule has 3 N–H and O–H groups in total. The van der Waals surface area contributed by atoms with Crippen LogP contribution in [0, 0.1) is 5.82 Å². The molecule has 0 spiro atoms. The van der Waals surface area contributed by atoms with Crippen molar-refractivity contribution in [1.82, 2.24) is 0 Å². The highest BCUT2D eigenvalue weighted by Crippen LogP contribution is 2.55. The third kappa shape index (κ3) is 1.76. The van der Waals surface area contributed by atoms with E-state index in [0.29, 0.717) is 5.56 Å². The topological polar surface area (TPSA) is 55.5 Å². The Kier molecular flexibility index (Phi) is 2.96. The number of benzene rings is 1. The maximum absolute atomic E-state index is 13.8. The minimum Gasteiger partial charge on any atom is -0.505 e. The highest BCUT2D eigenvalue weighted by Gasteiger charge is 2.50. The third-order valence-corrected chi connectivity index (χ3v) is 3.83. The maximum Gasteiger partial charge on any atom is 0.208 e. The lowest BCUT2D eigenvalue weighted by molar-refractivity contribution is 0.357. The Morgan fingerprint density at radius 2 is 2.18 bits per heavy atom. The van der Waals surface area contributed by atoms with Crippen molar-refractivity contribution in [2.24, 2.45) is 5.73 Å². The van der Waals surface area contributed by atoms with Crippen molar-refractivity contribution in [3.63, 3.8) is 0 Å². The van der Waals surface area contributed by atoms with Gasteiger partial charge in [-0.3, -0.25) is 0 Å². The summed E-state index contributed by atoms with van der Waals surface area (Å²) >= 11 is 5.93. The molecule has 1 aromatic carbocycles. The lowest BCUT2D eigenvalue weighted by Gasteiger charge is -2.22. The van der Waals surface area contributed by atoms with Gasteiger partial charge >= 0.3 is 0 Å². The van der Waals surface area contributed by atoms with E-state index in [9.17, 15) is 9.50 Å². The molecule has 1 saturated carbocycles. The van der Waals surface area contributed by atoms with Crippen molar-refractivity contribution >= 4 is 11.6 Å². The van der Waals surface area contributed by atoms with Crippen LogP contribution >= 0.6 is 11.6 Å². The van der Waals surface area contributed by atoms with Crippen LogP contribution in [0.25, 0.3) is 0 Å². The number of halogens is 2. The molecule has 1 unspecified atom stereocenters. The van der Waals surface area contributed by atoms with E-state index in [4.69, 9.17) is 22.1 Å². The monoisotopic (exact) mass is 259 g/mol. The number of phenolic OH excluding ortho intramolecular Hbond substituents is 1. The average molecular weight is 260 g/mol. The highest BCUT2D eigenvalue weighted by molar-refractivity contribution is 6.32. The summed E-state index contributed by atoms with van der Waals surface area (Å²) in [7, 11) is 1.31. The summed E-state index contributed by atoms with van der Waals surface area (Å²) in [6.07, 6.45) is 1.67. The Bertz CT molecular complexity index is 458. The summed E-state index contributed by atoms with van der Waals surface area (Å²) in [6, 6.07) is 1.40. The van der Waals surface area contributed by atoms with Crippen molar-refractivity contribution in [3.05, 3.63) is 22.5 Å². The second kappa shape index (κ2) is 4.03. The number of ether oxygens (including phenoxy) is 1. The molecule has 0 aromatic heterocycles. The van der Waals surface area contributed by atoms with E-state index in [0.717, 1.165) is 12.8 Å². The van der Waals surface area contributed by atoms with Crippen molar-refractivity contribution in [1.29, 1.82) is 0 Å². The first kappa shape index (κ1) is 12.5. The Labute approximate surface area is 104 Å². The fraction of sp³-hybridized carbons (Fsp3) is 0.500. The third-order valence-electron chi connectivity index (χ3n) is 3.55. The molecule has 2 rings (SSSR count). The molecule has 0 bridgehead atoms. The van der Waals surface area contributed by atoms with Gasteiger partial charge in [-0.05, 0) is 25.8 Å². The molecule has 5 heteroatoms. The Morgan fingerprint density at radius 1 is 1.59 bits per heavy atom. The maximum atomic E-state index is 13.8. The average Bonchev–Trinajstić information content (AvgIpc) is 3.05. The summed E-state index contributed by atoms with van der Waals surface area (Å²) in [6.45, 7) is 1.85. The van der Waals surface area contributed by atoms with Gasteiger partial charge < -0.3 is 15.6 Å². The number of phenols is 1. The lowest BCUT2D eigenvalue weighted by atomic mass is 9.88. The van der Waals surface area contributed by atoms with Gasteiger partial charge in [-0.25, -0.2) is 0 Å². The summed E-state index contributed by atoms with van der Waals surface area (Å²) in [4.78, 5) is 0. The predicted molar refractivity (Wildman–Crippen MR) is 64.2 cm³/mol. The van der Waals surface area contributed by atoms with Crippen LogP contribution in [-0.2, 0) is 5.41 Å². The number of rotatable bonds is 3. The first-order valence-electron chi connectivity index (χ1n) is 5.45. The van der Waals surface area contributed by atoms with Gasteiger partial charge in [0.2, 0.25) is 5.82 Å². The van der Waals surface area contributed by atoms with E-state index in [1.807, 2.05) is 6.92 Å². The fourth-order valence-electron chi connectivity index (χ4n) is 2.26. The summed E-state index contributed by atoms with van der Waals surface area (Å²) in [5.41, 5.74) is 6.03. The van der Waals surface area contributed by atoms with Crippen LogP contribution in [0.2, 0.25) is 5.02 Å². The zero-order valence-corrected chi connectivity index (χ0v) is 10.5. The van der Waals surface area contributed by atoms with Crippen LogP contribution in [0.1, 0.15) is 25.3 Å². The molecule has 1 aromatic rings. The minimum atomic E-state index is -0.818. The van der Waals surface area contributed by atoms with Crippen LogP contribution in [0.3, 0.4) is 0 Å². The summed E-state index contributed by atoms with van der Waals surface area (Å²) < 4.78 is 18.7. The molecule has 1 fully saturated rings. The second-order valence-corrected chi connectivity index (χ2v) is 4.95. The molecule has 0 radical (unpaired) electrons. The van der Waals surface area contributed by atoms with Crippen LogP contribution in [-0.4, -0.2) is 18.3 Å². The Morgan fingerprint density at radius 3 is 2.59 bits per heavy atom. The summed E-state index contributed by atoms with van der Waals surface area (Å²) in [5.74, 6) is -1.35. The van der Waals surface area contributed by atoms with Crippen LogP contribution in [0.4, 0.5) is 4.39 Å². The second-order valence-electron chi connectivity index (χ2n) is 4.55. The lowest BCUT2D eigenvalue weighted by Crippen LogP contribution is -2.31. The van der Waals surface area contributed by atoms with E-state index in [2.05, 4.69) is 0 Å². The normalized spacial score (nSPS) is 18.9. The van der Waals surface area contributed by atoms with E-state index in [-0.39, 0.29) is 22.2 Å². The van der Waals surface area contributed by atoms with E-state index in [1.165, 1.54) is 7.11 Å². The molecule has 94 valence electrons. The van der Waals surface area contributed by atoms with E-state index >= 15 is 0 Å². The number of methoxy groups -OCH3 is 1. The smallest absolute Gasteiger partial charge is 0.208 e. The van der Waals surface area contributed by atoms with Gasteiger partial charge in [0.1, 0.15) is 0 Å². The standard InChI is InChI=1S/C12H15ClFNO2/c1-6(15)12(3-4-12)7-5-8(13)11(17-2)9(14)10(7)16/h5-6,16H,3-4,15H2,1-2H3. The van der Waals surface area contributed by atoms with Gasteiger partial charge in [0, 0.05) is 17.0 Å². The molecule has 1 aliphatic carbocycles. The highest BCUT2D eigenvalue weighted by atomic mass is 35.5. The quantitative estimate of drug-likeness (QED) is 0.877. The van der Waals surface area contributed by atoms with Crippen molar-refractivity contribution in [2.75, 3.05) is 7.11 Å². The van der Waals surface area contributed by atoms with E-state index in [1.54, 1.807) is 6.07 Å². The molecule has 1 aliphatic rings. The first-order valence-corrected chi connectivity index (χ1v) is 5.83. The van der Waals surface area contributed by atoms with Crippen molar-refractivity contribution < 1.29 is 14.2 Å². The van der Waals surface area contributed by atoms with Gasteiger partial charge in [0.05, 0.1) is 12.1 Å². The molecule has 1 atom stereocenters. The van der Waals surface area contributed by atoms with Gasteiger partial charge in [-0.1, -0.05) is 11.6 Å². The molecule has 0 saturated heterocycles. The number of hydrogen-bond acceptors (Lipinski definition) is 3. The largest absolute Gasteiger partial charge is 0.505 e. The first-order chi connectivity index (χ1) is 7.94. The molecule has 3 nitrogen and oxygen atoms in total. The molecule has 0 heterocycles. The zero-order valence-electron chi connectivity index (χ0n) is 9.76. The van der Waals surface area contributed by atoms with Crippen molar-refractivity contribution in [2.45, 2.75) is 31.2 Å². The van der Waals surface area contributed by atoms with Gasteiger partial charge in [-0.2, -0.15) is 4.39 Å². The summed E-state index contributed by atoms with van der Waals surface area (Å²) in [5, 5.41) is 10.0. The zero-order chi connectivity index (χ0) is 12.8. The molecule has 17 heavy (non-hydrogen) atoms. The number of hydrogen-bond donors (Lipinski definition) is 2. The van der Waals surface area contributed by atoms with Gasteiger partial charge in [-0.15, -0.1) is 0 Å². The molecular weight excluding hydrogens is 245 g/mol. The van der Waals surface area contributed by atoms with Gasteiger partial charge in [0.15, 0.2) is 11.5 Å². The van der Waals surface area contributed by atoms with E-state index < -0.39 is 11.6 Å². The fourth-order valence-corrected chi connectivity index (χ4v) is 2.53. The number of aromatic hydroxyl groups is 1. The minimum absolute atomic E-state index is 0.131. The Balaban J connectivity index is 2.58. The van der Waals surface area contributed by atoms with Crippen LogP contribution in [0.15, 0.2) is 6.07 Å². The SMILES string of the molecule is COc1c(Cl)cc(C2(C(C)N)CC2)c(O)c1F. The number of nitrogens with two attached hydrogens (primary N) is 1. The Hall–Kier alpha value is -1.00. The van der Waals surface area contributed by atoms with Crippen molar-refractivity contribution in [3.8, 4) is 11.5 Å². The van der Waals surface area contributed by atoms with Gasteiger partial charge in [0.25, 0.3) is 0 Å².